The number of ether oxygens (including phenoxy) is 1. The van der Waals surface area contributed by atoms with Gasteiger partial charge in [0.2, 0.25) is 0 Å². The Labute approximate surface area is 97.1 Å². The second-order valence-corrected chi connectivity index (χ2v) is 5.71. The predicted octanol–water partition coefficient (Wildman–Crippen LogP) is 0.827. The maximum atomic E-state index is 12.3. The molecule has 16 heavy (non-hydrogen) atoms. The van der Waals surface area contributed by atoms with Crippen molar-refractivity contribution in [3.8, 4) is 0 Å². The first-order valence-electron chi connectivity index (χ1n) is 6.09. The first kappa shape index (κ1) is 11.9. The fraction of sp³-hybridized carbons (Fsp3) is 0.917. The normalized spacial score (nSPS) is 34.6. The van der Waals surface area contributed by atoms with Crippen molar-refractivity contribution in [2.45, 2.75) is 57.2 Å². The quantitative estimate of drug-likeness (QED) is 0.672. The molecule has 4 nitrogen and oxygen atoms in total. The van der Waals surface area contributed by atoms with E-state index >= 15 is 0 Å². The van der Waals surface area contributed by atoms with Crippen LogP contribution in [0.15, 0.2) is 0 Å². The standard InChI is InChI=1S/C12H21N2O2/c1-11(2,3)16-10(15)12-6-8-13-9(12)5-4-7-14-12/h9,14H,4-8H2,1-3H3. The average molecular weight is 225 g/mol. The molecule has 0 aromatic rings. The monoisotopic (exact) mass is 225 g/mol. The van der Waals surface area contributed by atoms with Gasteiger partial charge in [0, 0.05) is 6.54 Å². The molecule has 2 saturated heterocycles. The summed E-state index contributed by atoms with van der Waals surface area (Å²) >= 11 is 0. The van der Waals surface area contributed by atoms with E-state index in [4.69, 9.17) is 4.74 Å². The highest BCUT2D eigenvalue weighted by molar-refractivity contribution is 5.83. The molecule has 1 N–H and O–H groups in total. The highest BCUT2D eigenvalue weighted by Gasteiger charge is 2.52. The third kappa shape index (κ3) is 2.09. The van der Waals surface area contributed by atoms with Crippen LogP contribution in [0.4, 0.5) is 0 Å². The van der Waals surface area contributed by atoms with Gasteiger partial charge < -0.3 is 10.1 Å². The van der Waals surface area contributed by atoms with Crippen molar-refractivity contribution in [3.05, 3.63) is 0 Å². The predicted molar refractivity (Wildman–Crippen MR) is 61.2 cm³/mol. The van der Waals surface area contributed by atoms with Crippen LogP contribution < -0.4 is 10.6 Å². The van der Waals surface area contributed by atoms with Crippen LogP contribution in [0.3, 0.4) is 0 Å². The number of hydrogen-bond acceptors (Lipinski definition) is 3. The van der Waals surface area contributed by atoms with Gasteiger partial charge in [0.1, 0.15) is 11.1 Å². The average Bonchev–Trinajstić information content (AvgIpc) is 2.59. The van der Waals surface area contributed by atoms with Gasteiger partial charge in [-0.05, 0) is 46.6 Å². The van der Waals surface area contributed by atoms with E-state index in [0.29, 0.717) is 0 Å². The van der Waals surface area contributed by atoms with E-state index in [2.05, 4.69) is 10.6 Å². The summed E-state index contributed by atoms with van der Waals surface area (Å²) in [7, 11) is 0. The Balaban J connectivity index is 2.13. The molecule has 1 radical (unpaired) electrons. The number of nitrogens with zero attached hydrogens (tertiary/aromatic N) is 1. The van der Waals surface area contributed by atoms with Crippen molar-refractivity contribution in [1.82, 2.24) is 10.6 Å². The van der Waals surface area contributed by atoms with Gasteiger partial charge in [-0.1, -0.05) is 0 Å². The number of hydrogen-bond donors (Lipinski definition) is 1. The van der Waals surface area contributed by atoms with Crippen LogP contribution in [-0.2, 0) is 9.53 Å². The summed E-state index contributed by atoms with van der Waals surface area (Å²) in [6, 6.07) is 0.121. The number of carbonyl (C=O) groups excluding carboxylic acids is 1. The van der Waals surface area contributed by atoms with E-state index in [-0.39, 0.29) is 12.0 Å². The van der Waals surface area contributed by atoms with E-state index in [9.17, 15) is 4.79 Å². The highest BCUT2D eigenvalue weighted by atomic mass is 16.6. The number of piperidine rings is 1. The summed E-state index contributed by atoms with van der Waals surface area (Å²) in [6.45, 7) is 7.39. The molecule has 0 bridgehead atoms. The zero-order chi connectivity index (χ0) is 11.8. The second kappa shape index (κ2) is 4.00. The van der Waals surface area contributed by atoms with Crippen molar-refractivity contribution < 1.29 is 9.53 Å². The van der Waals surface area contributed by atoms with Crippen molar-refractivity contribution in [3.63, 3.8) is 0 Å². The van der Waals surface area contributed by atoms with Crippen molar-refractivity contribution >= 4 is 5.97 Å². The van der Waals surface area contributed by atoms with E-state index in [1.54, 1.807) is 0 Å². The topological polar surface area (TPSA) is 52.4 Å². The van der Waals surface area contributed by atoms with E-state index in [1.807, 2.05) is 20.8 Å². The molecule has 91 valence electrons. The van der Waals surface area contributed by atoms with Crippen molar-refractivity contribution in [2.24, 2.45) is 0 Å². The lowest BCUT2D eigenvalue weighted by Crippen LogP contribution is -2.62. The van der Waals surface area contributed by atoms with E-state index in [0.717, 1.165) is 32.4 Å². The molecule has 0 amide bonds. The maximum Gasteiger partial charge on any atom is 0.328 e. The highest BCUT2D eigenvalue weighted by Crippen LogP contribution is 2.31. The number of rotatable bonds is 1. The first-order chi connectivity index (χ1) is 7.44. The molecule has 2 atom stereocenters. The molecule has 2 rings (SSSR count). The van der Waals surface area contributed by atoms with E-state index in [1.165, 1.54) is 0 Å². The molecule has 4 heteroatoms. The molecule has 2 fully saturated rings. The molecule has 2 unspecified atom stereocenters. The molecular formula is C12H21N2O2. The Morgan fingerprint density at radius 3 is 2.94 bits per heavy atom. The lowest BCUT2D eigenvalue weighted by Gasteiger charge is -2.38. The van der Waals surface area contributed by atoms with Crippen molar-refractivity contribution in [1.29, 1.82) is 0 Å². The number of nitrogens with one attached hydrogen (secondary N) is 1. The Morgan fingerprint density at radius 1 is 1.50 bits per heavy atom. The molecule has 0 aromatic carbocycles. The van der Waals surface area contributed by atoms with Crippen LogP contribution in [0.1, 0.15) is 40.0 Å². The Bertz CT molecular complexity index is 285. The molecule has 2 aliphatic rings. The molecule has 0 saturated carbocycles. The molecular weight excluding hydrogens is 204 g/mol. The molecule has 0 spiro atoms. The second-order valence-electron chi connectivity index (χ2n) is 5.71. The van der Waals surface area contributed by atoms with Gasteiger partial charge >= 0.3 is 5.97 Å². The minimum Gasteiger partial charge on any atom is -0.459 e. The zero-order valence-corrected chi connectivity index (χ0v) is 10.4. The number of fused-ring (bicyclic) bond motifs is 1. The number of carbonyl (C=O) groups is 1. The Morgan fingerprint density at radius 2 is 2.25 bits per heavy atom. The maximum absolute atomic E-state index is 12.3. The summed E-state index contributed by atoms with van der Waals surface area (Å²) in [5.41, 5.74) is -0.941. The van der Waals surface area contributed by atoms with E-state index < -0.39 is 11.1 Å². The fourth-order valence-corrected chi connectivity index (χ4v) is 2.55. The number of esters is 1. The molecule has 2 aliphatic heterocycles. The minimum absolute atomic E-state index is 0.119. The van der Waals surface area contributed by atoms with Gasteiger partial charge in [0.15, 0.2) is 0 Å². The van der Waals surface area contributed by atoms with Crippen molar-refractivity contribution in [2.75, 3.05) is 13.1 Å². The van der Waals surface area contributed by atoms with Crippen LogP contribution in [0.25, 0.3) is 0 Å². The van der Waals surface area contributed by atoms with Gasteiger partial charge in [-0.3, -0.25) is 0 Å². The third-order valence-electron chi connectivity index (χ3n) is 3.28. The minimum atomic E-state index is -0.522. The summed E-state index contributed by atoms with van der Waals surface area (Å²) in [4.78, 5) is 12.3. The first-order valence-corrected chi connectivity index (χ1v) is 6.09. The smallest absolute Gasteiger partial charge is 0.328 e. The van der Waals surface area contributed by atoms with Gasteiger partial charge in [0.05, 0.1) is 6.04 Å². The lowest BCUT2D eigenvalue weighted by atomic mass is 9.84. The van der Waals surface area contributed by atoms with Crippen LogP contribution in [0.2, 0.25) is 0 Å². The summed E-state index contributed by atoms with van der Waals surface area (Å²) < 4.78 is 5.52. The SMILES string of the molecule is CC(C)(C)OC(=O)C12CC[N]C1CCCN2. The molecule has 2 heterocycles. The van der Waals surface area contributed by atoms with Crippen LogP contribution >= 0.6 is 0 Å². The fourth-order valence-electron chi connectivity index (χ4n) is 2.55. The van der Waals surface area contributed by atoms with Gasteiger partial charge in [-0.25, -0.2) is 10.1 Å². The summed E-state index contributed by atoms with van der Waals surface area (Å²) in [6.07, 6.45) is 2.89. The zero-order valence-electron chi connectivity index (χ0n) is 10.4. The van der Waals surface area contributed by atoms with Gasteiger partial charge in [0.25, 0.3) is 0 Å². The molecule has 0 aliphatic carbocycles. The largest absolute Gasteiger partial charge is 0.459 e. The van der Waals surface area contributed by atoms with Gasteiger partial charge in [-0.15, -0.1) is 0 Å². The lowest BCUT2D eigenvalue weighted by molar-refractivity contribution is -0.164. The molecule has 0 aromatic heterocycles. The summed E-state index contributed by atoms with van der Waals surface area (Å²) in [5, 5.41) is 7.87. The van der Waals surface area contributed by atoms with Crippen LogP contribution in [-0.4, -0.2) is 36.2 Å². The third-order valence-corrected chi connectivity index (χ3v) is 3.28. The van der Waals surface area contributed by atoms with Gasteiger partial charge in [-0.2, -0.15) is 0 Å². The Kier molecular flexibility index (Phi) is 2.97. The van der Waals surface area contributed by atoms with Crippen LogP contribution in [0.5, 0.6) is 0 Å². The van der Waals surface area contributed by atoms with Crippen LogP contribution in [0, 0.1) is 0 Å². The Hall–Kier alpha value is -0.610. The summed E-state index contributed by atoms with van der Waals surface area (Å²) in [5.74, 6) is -0.119.